The van der Waals surface area contributed by atoms with Crippen LogP contribution < -0.4 is 10.2 Å². The van der Waals surface area contributed by atoms with Crippen molar-refractivity contribution in [3.05, 3.63) is 72.2 Å². The summed E-state index contributed by atoms with van der Waals surface area (Å²) in [6.45, 7) is 2.97. The monoisotopic (exact) mass is 431 g/mol. The molecule has 4 aromatic rings. The molecule has 1 aliphatic heterocycles. The largest absolute Gasteiger partial charge is 0.350 e. The molecular weight excluding hydrogens is 409 g/mol. The molecule has 0 bridgehead atoms. The maximum Gasteiger partial charge on any atom is 0.243 e. The number of carbonyl (C=O) groups excluding carboxylic acids is 1. The van der Waals surface area contributed by atoms with Crippen LogP contribution in [0.5, 0.6) is 0 Å². The number of fused-ring (bicyclic) bond motifs is 1. The molecule has 1 unspecified atom stereocenters. The first-order valence-corrected chi connectivity index (χ1v) is 10.5. The normalized spacial score (nSPS) is 15.9. The lowest BCUT2D eigenvalue weighted by molar-refractivity contribution is -0.122. The maximum absolute atomic E-state index is 13.6. The minimum atomic E-state index is -0.332. The minimum Gasteiger partial charge on any atom is -0.350 e. The van der Waals surface area contributed by atoms with E-state index in [1.54, 1.807) is 17.1 Å². The second-order valence-corrected chi connectivity index (χ2v) is 7.85. The second kappa shape index (κ2) is 8.33. The predicted molar refractivity (Wildman–Crippen MR) is 118 cm³/mol. The molecule has 1 aliphatic rings. The second-order valence-electron chi connectivity index (χ2n) is 7.85. The number of hydrogen-bond acceptors (Lipinski definition) is 6. The first-order chi connectivity index (χ1) is 15.6. The van der Waals surface area contributed by atoms with E-state index in [9.17, 15) is 9.18 Å². The van der Waals surface area contributed by atoms with E-state index in [1.165, 1.54) is 18.5 Å². The average molecular weight is 431 g/mol. The minimum absolute atomic E-state index is 0.0525. The topological polar surface area (TPSA) is 88.8 Å². The van der Waals surface area contributed by atoms with E-state index in [2.05, 4.69) is 25.4 Å². The Morgan fingerprint density at radius 2 is 2.03 bits per heavy atom. The SMILES string of the molecule is Cc1nc(N2CCCC2C(=O)NCc2ccc(-n3cncn3)cc2)nc2ccc(F)cc12. The van der Waals surface area contributed by atoms with Crippen molar-refractivity contribution in [1.29, 1.82) is 0 Å². The molecule has 1 amide bonds. The summed E-state index contributed by atoms with van der Waals surface area (Å²) in [5.74, 6) is 0.143. The quantitative estimate of drug-likeness (QED) is 0.523. The van der Waals surface area contributed by atoms with Gasteiger partial charge in [0.1, 0.15) is 24.5 Å². The fourth-order valence-electron chi connectivity index (χ4n) is 4.06. The molecule has 3 heterocycles. The number of nitrogens with zero attached hydrogens (tertiary/aromatic N) is 6. The van der Waals surface area contributed by atoms with Crippen molar-refractivity contribution in [3.8, 4) is 5.69 Å². The molecule has 9 heteroatoms. The number of nitrogens with one attached hydrogen (secondary N) is 1. The van der Waals surface area contributed by atoms with Gasteiger partial charge in [0.25, 0.3) is 0 Å². The standard InChI is InChI=1S/C23H22FN7O/c1-15-19-11-17(24)6-9-20(19)29-23(28-15)30-10-2-3-21(30)22(32)26-12-16-4-7-18(8-5-16)31-14-25-13-27-31/h4-9,11,13-14,21H,2-3,10,12H2,1H3,(H,26,32). The molecule has 1 atom stereocenters. The summed E-state index contributed by atoms with van der Waals surface area (Å²) in [5.41, 5.74) is 3.27. The van der Waals surface area contributed by atoms with E-state index < -0.39 is 0 Å². The summed E-state index contributed by atoms with van der Waals surface area (Å²) in [5, 5.41) is 7.83. The van der Waals surface area contributed by atoms with Crippen LogP contribution in [0.3, 0.4) is 0 Å². The van der Waals surface area contributed by atoms with Crippen molar-refractivity contribution in [2.24, 2.45) is 0 Å². The van der Waals surface area contributed by atoms with Crippen molar-refractivity contribution in [3.63, 3.8) is 0 Å². The summed E-state index contributed by atoms with van der Waals surface area (Å²) < 4.78 is 15.3. The molecule has 2 aromatic carbocycles. The van der Waals surface area contributed by atoms with Crippen molar-refractivity contribution in [2.45, 2.75) is 32.4 Å². The zero-order valence-corrected chi connectivity index (χ0v) is 17.6. The van der Waals surface area contributed by atoms with E-state index >= 15 is 0 Å². The van der Waals surface area contributed by atoms with E-state index in [4.69, 9.17) is 0 Å². The van der Waals surface area contributed by atoms with Gasteiger partial charge in [0, 0.05) is 18.5 Å². The molecule has 2 aromatic heterocycles. The van der Waals surface area contributed by atoms with Crippen LogP contribution in [0.25, 0.3) is 16.6 Å². The fraction of sp³-hybridized carbons (Fsp3) is 0.261. The van der Waals surface area contributed by atoms with Gasteiger partial charge in [-0.2, -0.15) is 5.10 Å². The van der Waals surface area contributed by atoms with Gasteiger partial charge in [-0.3, -0.25) is 4.79 Å². The Morgan fingerprint density at radius 1 is 1.19 bits per heavy atom. The first kappa shape index (κ1) is 20.0. The Hall–Kier alpha value is -3.88. The maximum atomic E-state index is 13.6. The van der Waals surface area contributed by atoms with E-state index in [0.29, 0.717) is 35.6 Å². The number of hydrogen-bond donors (Lipinski definition) is 1. The summed E-state index contributed by atoms with van der Waals surface area (Å²) in [6, 6.07) is 11.9. The zero-order valence-electron chi connectivity index (χ0n) is 17.6. The van der Waals surface area contributed by atoms with E-state index in [1.807, 2.05) is 36.1 Å². The molecular formula is C23H22FN7O. The molecule has 0 aliphatic carbocycles. The van der Waals surface area contributed by atoms with Crippen LogP contribution in [0.15, 0.2) is 55.1 Å². The smallest absolute Gasteiger partial charge is 0.243 e. The van der Waals surface area contributed by atoms with Crippen molar-refractivity contribution in [2.75, 3.05) is 11.4 Å². The van der Waals surface area contributed by atoms with Crippen molar-refractivity contribution < 1.29 is 9.18 Å². The van der Waals surface area contributed by atoms with Gasteiger partial charge in [-0.15, -0.1) is 0 Å². The van der Waals surface area contributed by atoms with Gasteiger partial charge >= 0.3 is 0 Å². The summed E-state index contributed by atoms with van der Waals surface area (Å²) in [6.07, 6.45) is 4.74. The van der Waals surface area contributed by atoms with Crippen molar-refractivity contribution >= 4 is 22.8 Å². The Balaban J connectivity index is 1.29. The number of aryl methyl sites for hydroxylation is 1. The van der Waals surface area contributed by atoms with Crippen LogP contribution in [0.2, 0.25) is 0 Å². The lowest BCUT2D eigenvalue weighted by atomic mass is 10.1. The van der Waals surface area contributed by atoms with Crippen LogP contribution in [0.1, 0.15) is 24.1 Å². The van der Waals surface area contributed by atoms with Gasteiger partial charge in [0.15, 0.2) is 0 Å². The lowest BCUT2D eigenvalue weighted by Gasteiger charge is -2.24. The number of amides is 1. The molecule has 0 saturated carbocycles. The summed E-state index contributed by atoms with van der Waals surface area (Å²) in [4.78, 5) is 28.0. The lowest BCUT2D eigenvalue weighted by Crippen LogP contribution is -2.43. The van der Waals surface area contributed by atoms with Gasteiger partial charge in [-0.05, 0) is 55.7 Å². The predicted octanol–water partition coefficient (Wildman–Crippen LogP) is 2.94. The molecule has 5 rings (SSSR count). The molecule has 0 radical (unpaired) electrons. The molecule has 32 heavy (non-hydrogen) atoms. The van der Waals surface area contributed by atoms with Gasteiger partial charge < -0.3 is 10.2 Å². The highest BCUT2D eigenvalue weighted by Crippen LogP contribution is 2.26. The Bertz CT molecular complexity index is 1260. The number of halogens is 1. The molecule has 0 spiro atoms. The molecule has 1 fully saturated rings. The van der Waals surface area contributed by atoms with Gasteiger partial charge in [-0.1, -0.05) is 12.1 Å². The summed E-state index contributed by atoms with van der Waals surface area (Å²) in [7, 11) is 0. The molecule has 1 N–H and O–H groups in total. The Labute approximate surface area is 184 Å². The van der Waals surface area contributed by atoms with Gasteiger partial charge in [-0.25, -0.2) is 24.0 Å². The first-order valence-electron chi connectivity index (χ1n) is 10.5. The number of aromatic nitrogens is 5. The Kier molecular flexibility index (Phi) is 5.22. The highest BCUT2D eigenvalue weighted by molar-refractivity contribution is 5.86. The van der Waals surface area contributed by atoms with Crippen LogP contribution in [-0.2, 0) is 11.3 Å². The number of carbonyl (C=O) groups is 1. The van der Waals surface area contributed by atoms with Gasteiger partial charge in [0.05, 0.1) is 16.9 Å². The van der Waals surface area contributed by atoms with Crippen LogP contribution in [0, 0.1) is 12.7 Å². The third kappa shape index (κ3) is 3.89. The third-order valence-corrected chi connectivity index (χ3v) is 5.74. The summed E-state index contributed by atoms with van der Waals surface area (Å²) >= 11 is 0. The number of anilines is 1. The van der Waals surface area contributed by atoms with Crippen LogP contribution in [0.4, 0.5) is 10.3 Å². The molecule has 1 saturated heterocycles. The number of rotatable bonds is 5. The van der Waals surface area contributed by atoms with Crippen LogP contribution in [-0.4, -0.2) is 43.2 Å². The highest BCUT2D eigenvalue weighted by atomic mass is 19.1. The fourth-order valence-corrected chi connectivity index (χ4v) is 4.06. The van der Waals surface area contributed by atoms with E-state index in [-0.39, 0.29) is 17.8 Å². The third-order valence-electron chi connectivity index (χ3n) is 5.74. The zero-order chi connectivity index (χ0) is 22.1. The van der Waals surface area contributed by atoms with E-state index in [0.717, 1.165) is 24.1 Å². The van der Waals surface area contributed by atoms with Crippen molar-refractivity contribution in [1.82, 2.24) is 30.0 Å². The molecule has 162 valence electrons. The highest BCUT2D eigenvalue weighted by Gasteiger charge is 2.32. The Morgan fingerprint density at radius 3 is 2.81 bits per heavy atom. The molecule has 8 nitrogen and oxygen atoms in total. The van der Waals surface area contributed by atoms with Gasteiger partial charge in [0.2, 0.25) is 11.9 Å². The number of benzene rings is 2. The average Bonchev–Trinajstić information content (AvgIpc) is 3.51. The van der Waals surface area contributed by atoms with Crippen LogP contribution >= 0.6 is 0 Å².